The number of aliphatic hydroxyl groups excluding tert-OH is 6. The number of nitrogens with zero attached hydrogens (tertiary/aromatic N) is 5. The van der Waals surface area contributed by atoms with Gasteiger partial charge in [0.15, 0.2) is 28.4 Å². The fraction of sp³-hybridized carbons (Fsp3) is 0.556. The quantitative estimate of drug-likeness (QED) is 0.0432. The summed E-state index contributed by atoms with van der Waals surface area (Å²) in [5, 5.41) is 59.9. The summed E-state index contributed by atoms with van der Waals surface area (Å²) in [6.45, 7) is 0.128. The Morgan fingerprint density at radius 2 is 1.48 bits per heavy atom. The largest absolute Gasteiger partial charge is 0.394 e. The summed E-state index contributed by atoms with van der Waals surface area (Å²) in [6, 6.07) is 7.71. The maximum absolute atomic E-state index is 12.3. The van der Waals surface area contributed by atoms with Crippen molar-refractivity contribution in [3.05, 3.63) is 40.7 Å². The van der Waals surface area contributed by atoms with Crippen molar-refractivity contribution in [2.45, 2.75) is 37.6 Å². The number of nitrogens with two attached hydrogens (primary N) is 3. The lowest BCUT2D eigenvalue weighted by Crippen LogP contribution is -2.45. The van der Waals surface area contributed by atoms with Crippen molar-refractivity contribution in [2.24, 2.45) is 10.7 Å². The number of aliphatic imine (C=N–C) groups is 1. The lowest BCUT2D eigenvalue weighted by molar-refractivity contribution is 0.0240. The number of aliphatic hydroxyl groups is 6. The van der Waals surface area contributed by atoms with Crippen LogP contribution in [0.25, 0.3) is 0 Å². The highest BCUT2D eigenvalue weighted by Gasteiger charge is 2.19. The highest BCUT2D eigenvalue weighted by atomic mass is 35.5. The highest BCUT2D eigenvalue weighted by Crippen LogP contribution is 2.18. The van der Waals surface area contributed by atoms with Gasteiger partial charge in [-0.05, 0) is 37.0 Å². The minimum Gasteiger partial charge on any atom is -0.394 e. The van der Waals surface area contributed by atoms with Gasteiger partial charge in [-0.25, -0.2) is 9.97 Å². The van der Waals surface area contributed by atoms with Gasteiger partial charge in [0, 0.05) is 45.0 Å². The number of hydrogen-bond donors (Lipinski definition) is 10. The van der Waals surface area contributed by atoms with E-state index in [4.69, 9.17) is 28.8 Å². The van der Waals surface area contributed by atoms with E-state index >= 15 is 0 Å². The number of benzene rings is 1. The van der Waals surface area contributed by atoms with Crippen LogP contribution in [-0.2, 0) is 6.42 Å². The third kappa shape index (κ3) is 12.7. The normalized spacial score (nSPS) is 14.0. The second kappa shape index (κ2) is 19.1. The molecule has 246 valence electrons. The van der Waals surface area contributed by atoms with Crippen molar-refractivity contribution in [1.29, 1.82) is 0 Å². The number of aromatic nitrogens is 2. The van der Waals surface area contributed by atoms with Crippen LogP contribution in [0.1, 0.15) is 28.9 Å². The minimum atomic E-state index is -1.01. The number of unbranched alkanes of at least 4 members (excludes halogenated alkanes) is 1. The first-order valence-electron chi connectivity index (χ1n) is 14.1. The van der Waals surface area contributed by atoms with Crippen molar-refractivity contribution in [3.8, 4) is 0 Å². The number of hydrogen-bond acceptors (Lipinski definition) is 14. The van der Waals surface area contributed by atoms with Crippen LogP contribution in [0, 0.1) is 0 Å². The number of guanidine groups is 1. The minimum absolute atomic E-state index is 0.0890. The van der Waals surface area contributed by atoms with E-state index in [1.54, 1.807) is 4.90 Å². The number of halogens is 1. The first-order valence-corrected chi connectivity index (χ1v) is 14.5. The zero-order valence-corrected chi connectivity index (χ0v) is 25.2. The van der Waals surface area contributed by atoms with Crippen LogP contribution in [0.4, 0.5) is 17.3 Å². The van der Waals surface area contributed by atoms with Crippen LogP contribution in [0.15, 0.2) is 29.3 Å². The van der Waals surface area contributed by atoms with Crippen molar-refractivity contribution < 1.29 is 35.4 Å². The van der Waals surface area contributed by atoms with E-state index in [-0.39, 0.29) is 48.1 Å². The van der Waals surface area contributed by atoms with E-state index in [0.717, 1.165) is 24.1 Å². The van der Waals surface area contributed by atoms with Gasteiger partial charge >= 0.3 is 0 Å². The molecule has 1 heterocycles. The molecule has 0 bridgehead atoms. The molecule has 3 unspecified atom stereocenters. The summed E-state index contributed by atoms with van der Waals surface area (Å²) >= 11 is 5.80. The Kier molecular flexibility index (Phi) is 16.0. The average molecular weight is 642 g/mol. The predicted molar refractivity (Wildman–Crippen MR) is 167 cm³/mol. The molecule has 0 aliphatic heterocycles. The number of amides is 1. The summed E-state index contributed by atoms with van der Waals surface area (Å²) in [5.41, 5.74) is 18.6. The number of carbonyl (C=O) groups is 1. The van der Waals surface area contributed by atoms with Crippen molar-refractivity contribution in [3.63, 3.8) is 0 Å². The zero-order valence-electron chi connectivity index (χ0n) is 24.5. The molecular formula is C27H44ClN9O7. The van der Waals surface area contributed by atoms with Gasteiger partial charge in [0.2, 0.25) is 0 Å². The van der Waals surface area contributed by atoms with Gasteiger partial charge in [0.25, 0.3) is 5.91 Å². The first kappa shape index (κ1) is 36.8. The molecule has 0 saturated carbocycles. The molecular weight excluding hydrogens is 598 g/mol. The van der Waals surface area contributed by atoms with Gasteiger partial charge in [-0.2, -0.15) is 0 Å². The number of carbonyl (C=O) groups excluding carboxylic acids is 1. The molecule has 0 aliphatic rings. The number of anilines is 3. The lowest BCUT2D eigenvalue weighted by Gasteiger charge is -2.32. The molecule has 3 atom stereocenters. The molecule has 1 aromatic carbocycles. The molecule has 13 N–H and O–H groups in total. The smallest absolute Gasteiger partial charge is 0.280 e. The summed E-state index contributed by atoms with van der Waals surface area (Å²) in [4.78, 5) is 27.6. The Bertz CT molecular complexity index is 1180. The van der Waals surface area contributed by atoms with Crippen LogP contribution in [-0.4, -0.2) is 135 Å². The molecule has 2 rings (SSSR count). The van der Waals surface area contributed by atoms with Gasteiger partial charge in [-0.1, -0.05) is 23.7 Å². The second-order valence-corrected chi connectivity index (χ2v) is 10.6. The Labute approximate surface area is 260 Å². The standard InChI is InChI=1S/C27H44ClN9O7/c28-23-25(30)34-24(29)22(33-23)26(44)35-27(31)32-8-2-1-3-17-4-6-18(7-5-17)37(13-21(43)16-40)10-9-36(11-19(41)14-38)12-20(42)15-39/h4-7,19-21,38-43H,1-3,8-16H2,(H4,29,30,34)(H3,31,32,35,44). The van der Waals surface area contributed by atoms with E-state index in [0.29, 0.717) is 26.1 Å². The lowest BCUT2D eigenvalue weighted by atomic mass is 10.1. The molecule has 44 heavy (non-hydrogen) atoms. The van der Waals surface area contributed by atoms with Gasteiger partial charge in [-0.15, -0.1) is 0 Å². The van der Waals surface area contributed by atoms with Crippen molar-refractivity contribution in [1.82, 2.24) is 20.2 Å². The Balaban J connectivity index is 1.90. The van der Waals surface area contributed by atoms with Crippen molar-refractivity contribution >= 4 is 40.8 Å². The summed E-state index contributed by atoms with van der Waals surface area (Å²) in [5.74, 6) is -1.09. The number of aryl methyl sites for hydroxylation is 1. The Hall–Kier alpha value is -3.35. The molecule has 0 saturated heterocycles. The van der Waals surface area contributed by atoms with Crippen LogP contribution in [0.3, 0.4) is 0 Å². The fourth-order valence-electron chi connectivity index (χ4n) is 4.21. The Morgan fingerprint density at radius 3 is 2.07 bits per heavy atom. The SMILES string of the molecule is NC(=NCCCCc1ccc(N(CCN(CC(O)CO)CC(O)CO)CC(O)CO)cc1)NC(=O)c1nc(Cl)c(N)nc1N. The van der Waals surface area contributed by atoms with Crippen LogP contribution >= 0.6 is 11.6 Å². The molecule has 16 nitrogen and oxygen atoms in total. The van der Waals surface area contributed by atoms with E-state index in [9.17, 15) is 35.4 Å². The topological polar surface area (TPSA) is 273 Å². The third-order valence-corrected chi connectivity index (χ3v) is 6.78. The van der Waals surface area contributed by atoms with Gasteiger partial charge in [0.05, 0.1) is 38.1 Å². The van der Waals surface area contributed by atoms with Gasteiger partial charge in [0.1, 0.15) is 0 Å². The average Bonchev–Trinajstić information content (AvgIpc) is 3.00. The van der Waals surface area contributed by atoms with Gasteiger partial charge < -0.3 is 52.7 Å². The molecule has 17 heteroatoms. The molecule has 1 amide bonds. The van der Waals surface area contributed by atoms with Gasteiger partial charge in [-0.3, -0.25) is 20.0 Å². The van der Waals surface area contributed by atoms with E-state index in [1.807, 2.05) is 29.2 Å². The molecule has 0 fully saturated rings. The van der Waals surface area contributed by atoms with E-state index < -0.39 is 44.0 Å². The maximum Gasteiger partial charge on any atom is 0.280 e. The molecule has 1 aromatic heterocycles. The fourth-order valence-corrected chi connectivity index (χ4v) is 4.33. The maximum atomic E-state index is 12.3. The zero-order chi connectivity index (χ0) is 32.6. The Morgan fingerprint density at radius 1 is 0.886 bits per heavy atom. The number of nitrogen functional groups attached to an aromatic ring is 2. The summed E-state index contributed by atoms with van der Waals surface area (Å²) in [6.07, 6.45) is -0.775. The monoisotopic (exact) mass is 641 g/mol. The van der Waals surface area contributed by atoms with E-state index in [2.05, 4.69) is 20.3 Å². The predicted octanol–water partition coefficient (Wildman–Crippen LogP) is -2.47. The molecule has 0 aliphatic carbocycles. The number of rotatable bonds is 19. The number of nitrogens with one attached hydrogen (secondary N) is 1. The van der Waals surface area contributed by atoms with Crippen LogP contribution < -0.4 is 27.4 Å². The van der Waals surface area contributed by atoms with Crippen LogP contribution in [0.2, 0.25) is 5.15 Å². The van der Waals surface area contributed by atoms with Crippen molar-refractivity contribution in [2.75, 3.05) is 75.5 Å². The molecule has 2 aromatic rings. The second-order valence-electron chi connectivity index (χ2n) is 10.2. The highest BCUT2D eigenvalue weighted by molar-refractivity contribution is 6.31. The van der Waals surface area contributed by atoms with Crippen LogP contribution in [0.5, 0.6) is 0 Å². The summed E-state index contributed by atoms with van der Waals surface area (Å²) in [7, 11) is 0. The third-order valence-electron chi connectivity index (χ3n) is 6.51. The van der Waals surface area contributed by atoms with E-state index in [1.165, 1.54) is 0 Å². The molecule has 0 spiro atoms. The first-order chi connectivity index (χ1) is 21.0. The summed E-state index contributed by atoms with van der Waals surface area (Å²) < 4.78 is 0. The molecule has 0 radical (unpaired) electrons.